The van der Waals surface area contributed by atoms with Crippen LogP contribution in [0.5, 0.6) is 0 Å². The first kappa shape index (κ1) is 17.5. The van der Waals surface area contributed by atoms with Gasteiger partial charge >= 0.3 is 12.0 Å². The molecule has 0 heterocycles. The molecule has 21 heavy (non-hydrogen) atoms. The van der Waals surface area contributed by atoms with Gasteiger partial charge in [0.2, 0.25) is 0 Å². The van der Waals surface area contributed by atoms with Crippen LogP contribution in [0.2, 0.25) is 0 Å². The van der Waals surface area contributed by atoms with Crippen LogP contribution in [0.25, 0.3) is 0 Å². The van der Waals surface area contributed by atoms with Crippen LogP contribution in [-0.4, -0.2) is 46.0 Å². The van der Waals surface area contributed by atoms with Crippen LogP contribution in [0, 0.1) is 0 Å². The molecule has 1 aromatic carbocycles. The van der Waals surface area contributed by atoms with Crippen LogP contribution in [-0.2, 0) is 11.3 Å². The van der Waals surface area contributed by atoms with E-state index in [0.29, 0.717) is 6.54 Å². The number of hydrogen-bond acceptors (Lipinski definition) is 2. The molecule has 1 aromatic rings. The number of rotatable bonds is 4. The van der Waals surface area contributed by atoms with Gasteiger partial charge in [0.25, 0.3) is 0 Å². The lowest BCUT2D eigenvalue weighted by Crippen LogP contribution is -2.52. The zero-order valence-electron chi connectivity index (χ0n) is 12.8. The monoisotopic (exact) mass is 356 g/mol. The van der Waals surface area contributed by atoms with Gasteiger partial charge in [0.15, 0.2) is 0 Å². The first-order chi connectivity index (χ1) is 9.61. The molecule has 0 aliphatic carbocycles. The Bertz CT molecular complexity index is 526. The number of carboxylic acids is 1. The molecular weight excluding hydrogens is 336 g/mol. The molecule has 0 aliphatic heterocycles. The summed E-state index contributed by atoms with van der Waals surface area (Å²) in [6.07, 6.45) is 0. The summed E-state index contributed by atoms with van der Waals surface area (Å²) in [5.74, 6) is -1.02. The summed E-state index contributed by atoms with van der Waals surface area (Å²) in [5, 5.41) is 8.99. The molecule has 0 fully saturated rings. The number of aliphatic carboxylic acids is 1. The Labute approximate surface area is 133 Å². The second-order valence-electron chi connectivity index (χ2n) is 5.92. The highest BCUT2D eigenvalue weighted by atomic mass is 79.9. The summed E-state index contributed by atoms with van der Waals surface area (Å²) in [7, 11) is 1.67. The topological polar surface area (TPSA) is 60.9 Å². The minimum absolute atomic E-state index is 0.301. The molecule has 1 rings (SSSR count). The third kappa shape index (κ3) is 5.38. The molecule has 0 spiro atoms. The molecule has 0 aliphatic rings. The number of nitrogens with zero attached hydrogens (tertiary/aromatic N) is 2. The number of benzene rings is 1. The first-order valence-corrected chi connectivity index (χ1v) is 7.39. The van der Waals surface area contributed by atoms with Crippen molar-refractivity contribution in [1.29, 1.82) is 0 Å². The van der Waals surface area contributed by atoms with Crippen molar-refractivity contribution in [3.05, 3.63) is 34.3 Å². The van der Waals surface area contributed by atoms with Crippen molar-refractivity contribution in [2.75, 3.05) is 13.6 Å². The Morgan fingerprint density at radius 2 is 1.90 bits per heavy atom. The lowest BCUT2D eigenvalue weighted by molar-refractivity contribution is -0.138. The van der Waals surface area contributed by atoms with Crippen LogP contribution >= 0.6 is 15.9 Å². The predicted molar refractivity (Wildman–Crippen MR) is 85.1 cm³/mol. The van der Waals surface area contributed by atoms with Crippen LogP contribution in [0.1, 0.15) is 26.3 Å². The van der Waals surface area contributed by atoms with E-state index in [4.69, 9.17) is 5.11 Å². The maximum Gasteiger partial charge on any atom is 0.323 e. The summed E-state index contributed by atoms with van der Waals surface area (Å²) in [5.41, 5.74) is 0.422. The largest absolute Gasteiger partial charge is 0.480 e. The molecule has 1 N–H and O–H groups in total. The highest BCUT2D eigenvalue weighted by Crippen LogP contribution is 2.17. The van der Waals surface area contributed by atoms with Gasteiger partial charge in [-0.25, -0.2) is 4.79 Å². The van der Waals surface area contributed by atoms with Crippen LogP contribution < -0.4 is 0 Å². The van der Waals surface area contributed by atoms with Gasteiger partial charge in [0.05, 0.1) is 0 Å². The van der Waals surface area contributed by atoms with Gasteiger partial charge in [0.1, 0.15) is 6.54 Å². The molecule has 116 valence electrons. The minimum atomic E-state index is -1.02. The molecule has 6 heteroatoms. The molecule has 5 nitrogen and oxygen atoms in total. The molecule has 0 saturated heterocycles. The van der Waals surface area contributed by atoms with Gasteiger partial charge in [-0.2, -0.15) is 0 Å². The third-order valence-electron chi connectivity index (χ3n) is 2.97. The fourth-order valence-electron chi connectivity index (χ4n) is 1.91. The van der Waals surface area contributed by atoms with Gasteiger partial charge in [-0.3, -0.25) is 4.79 Å². The average molecular weight is 357 g/mol. The normalized spacial score (nSPS) is 11.1. The van der Waals surface area contributed by atoms with Crippen molar-refractivity contribution >= 4 is 27.9 Å². The smallest absolute Gasteiger partial charge is 0.323 e. The Hall–Kier alpha value is -1.56. The molecule has 0 aromatic heterocycles. The van der Waals surface area contributed by atoms with Crippen molar-refractivity contribution in [3.8, 4) is 0 Å². The fraction of sp³-hybridized carbons (Fsp3) is 0.467. The van der Waals surface area contributed by atoms with E-state index in [9.17, 15) is 9.59 Å². The summed E-state index contributed by atoms with van der Waals surface area (Å²) in [4.78, 5) is 26.3. The van der Waals surface area contributed by atoms with E-state index in [1.54, 1.807) is 7.05 Å². The Morgan fingerprint density at radius 3 is 2.38 bits per heavy atom. The van der Waals surface area contributed by atoms with E-state index in [1.165, 1.54) is 9.80 Å². The Kier molecular flexibility index (Phi) is 5.78. The number of amides is 2. The van der Waals surface area contributed by atoms with Gasteiger partial charge in [-0.1, -0.05) is 28.1 Å². The number of urea groups is 1. The third-order valence-corrected chi connectivity index (χ3v) is 3.46. The molecule has 0 bridgehead atoms. The van der Waals surface area contributed by atoms with Crippen LogP contribution in [0.3, 0.4) is 0 Å². The van der Waals surface area contributed by atoms with Crippen molar-refractivity contribution in [2.24, 2.45) is 0 Å². The van der Waals surface area contributed by atoms with E-state index >= 15 is 0 Å². The highest BCUT2D eigenvalue weighted by molar-refractivity contribution is 9.10. The number of carbonyl (C=O) groups excluding carboxylic acids is 1. The van der Waals surface area contributed by atoms with Gasteiger partial charge in [0, 0.05) is 23.6 Å². The second-order valence-corrected chi connectivity index (χ2v) is 6.83. The van der Waals surface area contributed by atoms with E-state index in [0.717, 1.165) is 10.0 Å². The standard InChI is InChI=1S/C15H21BrN2O3/c1-15(2,3)18(10-13(19)20)14(21)17(4)9-11-6-5-7-12(16)8-11/h5-8H,9-10H2,1-4H3,(H,19,20). The van der Waals surface area contributed by atoms with Gasteiger partial charge in [-0.05, 0) is 38.5 Å². The van der Waals surface area contributed by atoms with Crippen molar-refractivity contribution in [2.45, 2.75) is 32.9 Å². The summed E-state index contributed by atoms with van der Waals surface area (Å²) >= 11 is 3.39. The molecular formula is C15H21BrN2O3. The fourth-order valence-corrected chi connectivity index (χ4v) is 2.36. The second kappa shape index (κ2) is 6.93. The lowest BCUT2D eigenvalue weighted by atomic mass is 10.1. The maximum absolute atomic E-state index is 12.5. The zero-order chi connectivity index (χ0) is 16.2. The lowest BCUT2D eigenvalue weighted by Gasteiger charge is -2.37. The minimum Gasteiger partial charge on any atom is -0.480 e. The highest BCUT2D eigenvalue weighted by Gasteiger charge is 2.30. The molecule has 0 radical (unpaired) electrons. The van der Waals surface area contributed by atoms with E-state index in [-0.39, 0.29) is 12.6 Å². The van der Waals surface area contributed by atoms with Gasteiger partial charge < -0.3 is 14.9 Å². The average Bonchev–Trinajstić information content (AvgIpc) is 2.33. The first-order valence-electron chi connectivity index (χ1n) is 6.60. The van der Waals surface area contributed by atoms with E-state index in [1.807, 2.05) is 45.0 Å². The van der Waals surface area contributed by atoms with Crippen LogP contribution in [0.4, 0.5) is 4.79 Å². The number of carboxylic acid groups (broad SMARTS) is 1. The summed E-state index contributed by atoms with van der Waals surface area (Å²) in [6.45, 7) is 5.57. The molecule has 0 unspecified atom stereocenters. The maximum atomic E-state index is 12.5. The van der Waals surface area contributed by atoms with Crippen LogP contribution in [0.15, 0.2) is 28.7 Å². The van der Waals surface area contributed by atoms with E-state index in [2.05, 4.69) is 15.9 Å². The predicted octanol–water partition coefficient (Wildman–Crippen LogP) is 3.19. The van der Waals surface area contributed by atoms with Crippen molar-refractivity contribution < 1.29 is 14.7 Å². The molecule has 0 saturated carbocycles. The number of carbonyl (C=O) groups is 2. The zero-order valence-corrected chi connectivity index (χ0v) is 14.3. The Morgan fingerprint density at radius 1 is 1.29 bits per heavy atom. The molecule has 2 amide bonds. The summed E-state index contributed by atoms with van der Waals surface area (Å²) in [6, 6.07) is 7.37. The van der Waals surface area contributed by atoms with Gasteiger partial charge in [-0.15, -0.1) is 0 Å². The quantitative estimate of drug-likeness (QED) is 0.900. The summed E-state index contributed by atoms with van der Waals surface area (Å²) < 4.78 is 0.944. The number of halogens is 1. The number of hydrogen-bond donors (Lipinski definition) is 1. The molecule has 0 atom stereocenters. The van der Waals surface area contributed by atoms with E-state index < -0.39 is 11.5 Å². The Balaban J connectivity index is 2.85. The van der Waals surface area contributed by atoms with Crippen molar-refractivity contribution in [3.63, 3.8) is 0 Å². The SMILES string of the molecule is CN(Cc1cccc(Br)c1)C(=O)N(CC(=O)O)C(C)(C)C. The van der Waals surface area contributed by atoms with Crippen molar-refractivity contribution in [1.82, 2.24) is 9.80 Å².